The number of nitrogens with zero attached hydrogens (tertiary/aromatic N) is 1. The van der Waals surface area contributed by atoms with Crippen LogP contribution in [0.2, 0.25) is 0 Å². The standard InChI is InChI=1S/C97H128N18O25S/c1-49(2)34-65-85(126)109-72(41-76(98)117)90(131)105-67(36-51(5)6)92(133)113-81(52(7)8)95(136)111-74(45-116)94(135)112-75(84(125)101-44-77(99)118)47-141-48-78(119)102-68(37-57-26-32-62(33-27-57)140-46-80(122)123)87(128)106-69(38-56-24-30-60(31-25-56)97(138)139)88(129)110-73(42-79(120)121)91(132)108-71(40-61-43-100-64-21-17-16-20-63(61)64)89(130)104-66(35-50(3)4)86(127)107-70(39-55-22-28-59(29-23-55)58-18-14-13-15-19-58)93(134)114-82(53(9)10)96(137)115(12)54(11)83(124)103-65/h13-33,43,49-54,65-75,81-82,100,116H,34-42,44-48H2,1-12H3,(H2,98,117)(H2,99,118)(H,101,125)(H,102,119)(H,103,124)(H,104,130)(H,105,131)(H,106,128)(H,107,127)(H,108,132)(H,109,126)(H,110,129)(H,111,136)(H,112,135)(H,113,133)(H,114,134)(H,120,121)(H,122,123)(H,138,139)/t54-,65+,66-,67-,68-,69-,70-,71-,72-,73-,74-,75-,81-,82-/m0/s1. The Morgan fingerprint density at radius 1 is 0.433 bits per heavy atom. The molecular formula is C97H128N18O25S. The van der Waals surface area contributed by atoms with E-state index in [9.17, 15) is 82.8 Å². The quantitative estimate of drug-likeness (QED) is 0.0283. The Morgan fingerprint density at radius 3 is 1.31 bits per heavy atom. The zero-order valence-electron chi connectivity index (χ0n) is 80.4. The predicted molar refractivity (Wildman–Crippen MR) is 516 cm³/mol. The van der Waals surface area contributed by atoms with Crippen molar-refractivity contribution in [3.05, 3.63) is 161 Å². The lowest BCUT2D eigenvalue weighted by molar-refractivity contribution is -0.143. The molecule has 0 aliphatic carbocycles. The Kier molecular flexibility index (Phi) is 43.7. The molecule has 2 heterocycles. The summed E-state index contributed by atoms with van der Waals surface area (Å²) in [6, 6.07) is 9.48. The van der Waals surface area contributed by atoms with Gasteiger partial charge in [-0.3, -0.25) is 86.3 Å². The molecule has 0 unspecified atom stereocenters. The number of likely N-dealkylation sites (N-methyl/N-ethyl adjacent to an activating group) is 1. The number of rotatable bonds is 29. The number of H-pyrrole nitrogens is 1. The van der Waals surface area contributed by atoms with E-state index >= 15 is 33.6 Å². The van der Waals surface area contributed by atoms with Gasteiger partial charge in [-0.25, -0.2) is 9.59 Å². The molecule has 5 aromatic carbocycles. The predicted octanol–water partition coefficient (Wildman–Crippen LogP) is -0.443. The summed E-state index contributed by atoms with van der Waals surface area (Å²) in [5, 5.41) is 76.6. The van der Waals surface area contributed by atoms with Crippen LogP contribution in [-0.2, 0) is 117 Å². The van der Waals surface area contributed by atoms with Crippen LogP contribution in [0.5, 0.6) is 5.75 Å². The number of hydrogen-bond donors (Lipinski definition) is 21. The van der Waals surface area contributed by atoms with E-state index in [2.05, 4.69) is 79.4 Å². The third-order valence-electron chi connectivity index (χ3n) is 22.8. The summed E-state index contributed by atoms with van der Waals surface area (Å²) in [5.41, 5.74) is 14.3. The van der Waals surface area contributed by atoms with E-state index in [-0.39, 0.29) is 54.0 Å². The molecule has 6 aromatic rings. The molecule has 14 atom stereocenters. The van der Waals surface area contributed by atoms with Gasteiger partial charge in [-0.05, 0) is 119 Å². The number of nitrogens with two attached hydrogens (primary N) is 2. The normalized spacial score (nSPS) is 22.6. The van der Waals surface area contributed by atoms with Crippen LogP contribution in [0.4, 0.5) is 0 Å². The van der Waals surface area contributed by atoms with Crippen molar-refractivity contribution < 1.29 is 121 Å². The molecule has 1 aliphatic rings. The summed E-state index contributed by atoms with van der Waals surface area (Å²) >= 11 is 0.628. The highest BCUT2D eigenvalue weighted by atomic mass is 32.2. The lowest BCUT2D eigenvalue weighted by Gasteiger charge is -2.33. The fourth-order valence-electron chi connectivity index (χ4n) is 15.1. The van der Waals surface area contributed by atoms with Gasteiger partial charge in [-0.15, -0.1) is 11.8 Å². The van der Waals surface area contributed by atoms with Crippen molar-refractivity contribution in [3.63, 3.8) is 0 Å². The fraction of sp³-hybridized carbons (Fsp3) is 0.464. The number of aromatic nitrogens is 1. The first-order valence-corrected chi connectivity index (χ1v) is 47.1. The minimum Gasteiger partial charge on any atom is -0.482 e. The Labute approximate surface area is 818 Å². The van der Waals surface area contributed by atoms with E-state index in [1.807, 2.05) is 30.3 Å². The average Bonchev–Trinajstić information content (AvgIpc) is 1.49. The van der Waals surface area contributed by atoms with Crippen LogP contribution in [-0.4, -0.2) is 272 Å². The van der Waals surface area contributed by atoms with Crippen LogP contribution < -0.4 is 90.6 Å². The average molecular weight is 1980 g/mol. The van der Waals surface area contributed by atoms with Crippen molar-refractivity contribution in [3.8, 4) is 16.9 Å². The number of aromatic carboxylic acids is 1. The van der Waals surface area contributed by atoms with Crippen molar-refractivity contribution in [2.45, 2.75) is 219 Å². The van der Waals surface area contributed by atoms with Crippen molar-refractivity contribution in [1.29, 1.82) is 0 Å². The van der Waals surface area contributed by atoms with Gasteiger partial charge in [0, 0.05) is 55.6 Å². The number of nitrogens with one attached hydrogen (secondary N) is 15. The molecule has 0 saturated carbocycles. The summed E-state index contributed by atoms with van der Waals surface area (Å²) in [5.74, 6) is -26.8. The van der Waals surface area contributed by atoms with Crippen LogP contribution in [0.3, 0.4) is 0 Å². The number of aromatic amines is 1. The minimum atomic E-state index is -2.16. The molecule has 17 amide bonds. The van der Waals surface area contributed by atoms with Gasteiger partial charge < -0.3 is 121 Å². The van der Waals surface area contributed by atoms with E-state index in [1.54, 1.807) is 104 Å². The molecular weight excluding hydrogens is 1850 g/mol. The van der Waals surface area contributed by atoms with Crippen molar-refractivity contribution in [2.75, 3.05) is 38.3 Å². The van der Waals surface area contributed by atoms with E-state index < -0.39 is 290 Å². The van der Waals surface area contributed by atoms with Crippen LogP contribution in [0.1, 0.15) is 141 Å². The number of carbonyl (C=O) groups is 20. The topological polar surface area (TPSA) is 671 Å². The number of carboxylic acids is 3. The number of fused-ring (bicyclic) bond motifs is 1. The summed E-state index contributed by atoms with van der Waals surface area (Å²) in [6.07, 6.45) is -2.72. The number of primary amides is 2. The van der Waals surface area contributed by atoms with Gasteiger partial charge in [-0.1, -0.05) is 166 Å². The van der Waals surface area contributed by atoms with E-state index in [4.69, 9.17) is 16.2 Å². The number of aliphatic carboxylic acids is 2. The molecule has 0 bridgehead atoms. The summed E-state index contributed by atoms with van der Waals surface area (Å²) in [6.45, 7) is 14.9. The maximum Gasteiger partial charge on any atom is 0.341 e. The van der Waals surface area contributed by atoms with E-state index in [0.29, 0.717) is 33.8 Å². The second-order valence-corrected chi connectivity index (χ2v) is 37.5. The molecule has 0 radical (unpaired) electrons. The fourth-order valence-corrected chi connectivity index (χ4v) is 16.0. The number of carbonyl (C=O) groups excluding carboxylic acids is 17. The smallest absolute Gasteiger partial charge is 0.341 e. The SMILES string of the molecule is CC(C)C[C@@H]1NC(=O)[C@H](Cc2c[nH]c3ccccc23)NC(=O)[C@H](CC(=O)O)NC(=O)[C@H](Cc2ccc(C(=O)O)cc2)NC(=O)[C@H](Cc2ccc(OCC(=O)O)cc2)NC(=O)CSC[C@@H](C(=O)NCC(N)=O)NC(=O)[C@H](CO)NC(=O)[C@H](C(C)C)NC(=O)[C@H](CC(C)C)NC(=O)[C@H](CC(N)=O)NC(=O)[C@@H](CC(C)C)NC(=O)[C@H](C)N(C)C(=O)[C@H](C(C)C)NC(=O)[C@H](Cc2ccc(-c3ccccc3)cc2)NC1=O. The lowest BCUT2D eigenvalue weighted by Crippen LogP contribution is -2.62. The van der Waals surface area contributed by atoms with Crippen LogP contribution >= 0.6 is 11.8 Å². The van der Waals surface area contributed by atoms with Gasteiger partial charge in [0.2, 0.25) is 100 Å². The summed E-state index contributed by atoms with van der Waals surface area (Å²) < 4.78 is 5.30. The van der Waals surface area contributed by atoms with Crippen molar-refractivity contribution in [2.24, 2.45) is 41.1 Å². The number of aliphatic hydroxyl groups excluding tert-OH is 1. The van der Waals surface area contributed by atoms with Crippen molar-refractivity contribution in [1.82, 2.24) is 84.3 Å². The monoisotopic (exact) mass is 1980 g/mol. The molecule has 1 saturated heterocycles. The van der Waals surface area contributed by atoms with E-state index in [0.717, 1.165) is 16.0 Å². The van der Waals surface area contributed by atoms with E-state index in [1.165, 1.54) is 82.5 Å². The second-order valence-electron chi connectivity index (χ2n) is 36.4. The number of aliphatic hydroxyl groups is 1. The highest BCUT2D eigenvalue weighted by Crippen LogP contribution is 2.25. The maximum atomic E-state index is 15.5. The van der Waals surface area contributed by atoms with Crippen molar-refractivity contribution >= 4 is 141 Å². The third kappa shape index (κ3) is 36.1. The first-order chi connectivity index (χ1) is 66.6. The number of para-hydroxylation sites is 1. The molecule has 0 spiro atoms. The van der Waals surface area contributed by atoms with Gasteiger partial charge in [0.15, 0.2) is 6.61 Å². The van der Waals surface area contributed by atoms with Gasteiger partial charge in [0.25, 0.3) is 0 Å². The van der Waals surface area contributed by atoms with Gasteiger partial charge in [0.1, 0.15) is 90.3 Å². The molecule has 43 nitrogen and oxygen atoms in total. The molecule has 44 heteroatoms. The number of thioether (sulfide) groups is 1. The summed E-state index contributed by atoms with van der Waals surface area (Å²) in [4.78, 5) is 288. The lowest BCUT2D eigenvalue weighted by atomic mass is 9.97. The Bertz CT molecular complexity index is 5450. The third-order valence-corrected chi connectivity index (χ3v) is 23.8. The highest BCUT2D eigenvalue weighted by Gasteiger charge is 2.42. The molecule has 1 fully saturated rings. The Hall–Kier alpha value is -14.9. The van der Waals surface area contributed by atoms with Gasteiger partial charge in [-0.2, -0.15) is 0 Å². The van der Waals surface area contributed by atoms with Crippen LogP contribution in [0.25, 0.3) is 22.0 Å². The summed E-state index contributed by atoms with van der Waals surface area (Å²) in [7, 11) is 1.26. The highest BCUT2D eigenvalue weighted by molar-refractivity contribution is 8.00. The molecule has 1 aromatic heterocycles. The largest absolute Gasteiger partial charge is 0.482 e. The van der Waals surface area contributed by atoms with Crippen LogP contribution in [0, 0.1) is 29.6 Å². The van der Waals surface area contributed by atoms with Gasteiger partial charge >= 0.3 is 17.9 Å². The Balaban J connectivity index is 1.35. The number of amides is 17. The molecule has 1 aliphatic heterocycles. The first-order valence-electron chi connectivity index (χ1n) is 46.0. The molecule has 762 valence electrons. The number of carboxylic acid groups (broad SMARTS) is 3. The number of ether oxygens (including phenoxy) is 1. The number of hydrogen-bond acceptors (Lipinski definition) is 23. The van der Waals surface area contributed by atoms with Gasteiger partial charge in [0.05, 0.1) is 37.3 Å². The second kappa shape index (κ2) is 54.5. The first kappa shape index (κ1) is 113. The van der Waals surface area contributed by atoms with Crippen LogP contribution in [0.15, 0.2) is 134 Å². The molecule has 7 rings (SSSR count). The molecule has 23 N–H and O–H groups in total. The minimum absolute atomic E-state index is 0.0453. The Morgan fingerprint density at radius 2 is 0.837 bits per heavy atom. The number of benzene rings is 5. The maximum absolute atomic E-state index is 15.5. The zero-order valence-corrected chi connectivity index (χ0v) is 81.3. The molecule has 141 heavy (non-hydrogen) atoms. The zero-order chi connectivity index (χ0) is 104.